The number of fused-ring (bicyclic) bond motifs is 2. The predicted octanol–water partition coefficient (Wildman–Crippen LogP) is 11.5. The summed E-state index contributed by atoms with van der Waals surface area (Å²) < 4.78 is 58.0. The molecule has 4 aromatic heterocycles. The number of amides is 2. The maximum absolute atomic E-state index is 14.4. The molecule has 2 amide bonds. The Morgan fingerprint density at radius 1 is 0.631 bits per heavy atom. The minimum Gasteiger partial charge on any atom is -0.480 e. The van der Waals surface area contributed by atoms with Crippen LogP contribution in [0.2, 0.25) is 10.0 Å². The molecule has 0 bridgehead atoms. The van der Waals surface area contributed by atoms with Crippen molar-refractivity contribution in [3.05, 3.63) is 153 Å². The number of Topliss-reactive ketones (excluding diaryl/α,β-unsaturated/α-hetero) is 2. The summed E-state index contributed by atoms with van der Waals surface area (Å²) in [6.07, 6.45) is 3.59. The van der Waals surface area contributed by atoms with Crippen LogP contribution in [0.25, 0.3) is 44.1 Å². The van der Waals surface area contributed by atoms with Gasteiger partial charge in [-0.3, -0.25) is 33.3 Å². The topological polar surface area (TPSA) is 216 Å². The van der Waals surface area contributed by atoms with Crippen molar-refractivity contribution in [2.45, 2.75) is 104 Å². The monoisotopic (exact) mass is 1250 g/mol. The zero-order valence-corrected chi connectivity index (χ0v) is 48.4. The van der Waals surface area contributed by atoms with Gasteiger partial charge >= 0.3 is 5.97 Å². The third-order valence-corrected chi connectivity index (χ3v) is 15.2. The molecular weight excluding hydrogens is 1190 g/mol. The fraction of sp³-hybridized carbons (Fsp3) is 0.310. The van der Waals surface area contributed by atoms with Gasteiger partial charge in [0, 0.05) is 84.9 Å². The van der Waals surface area contributed by atoms with E-state index < -0.39 is 53.1 Å². The summed E-state index contributed by atoms with van der Waals surface area (Å²) in [6.45, 7) is 5.23. The maximum atomic E-state index is 14.4. The van der Waals surface area contributed by atoms with E-state index in [1.165, 1.54) is 46.3 Å². The Kier molecular flexibility index (Phi) is 23.7. The first-order valence-electron chi connectivity index (χ1n) is 25.0. The van der Waals surface area contributed by atoms with Crippen molar-refractivity contribution in [1.82, 2.24) is 49.3 Å². The number of halogens is 6. The highest BCUT2D eigenvalue weighted by atomic mass is 35.5. The molecule has 2 saturated heterocycles. The standard InChI is InChI=1S/C28H24ClF2N5O3S.C21H20FN5O4.C7H6ClFS.2CH4.H2S/c1-15(37)27-21-8-17(19-10-32-16(2)33-11-19)6-7-23(21)36(34-27)13-25(38)35-12-20(30)9-24(35)28(39)40-14-18-4-3-5-22(29)26(18)31;1-11(28)20-16-5-13(14-7-23-12(2)24-8-14)3-4-17(16)27(25-20)10-19(29)26-9-15(22)6-18(26)21(30)31;8-6-3-1-2-5(4-10)7(6)9;;;/h3-8,10-11,20,24H,9,12-14H2,1-2H3;3-5,7-8,15,18H,6,9-10H2,1-2H3,(H,30,31);1-3,10H,4H2;2*1H4;1H2/t20-,24+;15-,18+;;;;/m11..../s1. The van der Waals surface area contributed by atoms with Crippen molar-refractivity contribution < 1.29 is 51.4 Å². The third-order valence-electron chi connectivity index (χ3n) is 13.3. The SMILES string of the molecule is C.C.CC(=O)c1nn(CC(=O)N2C[C@H](F)C[C@H]2C(=O)O)c2ccc(-c3cnc(C)nc3)cc12.CC(=O)c1nn(CC(=O)N2C[C@H](F)C[C@H]2C(=O)SCc2cccc(Cl)c2F)c2ccc(-c3cnc(C)nc3)cc12.Fc1c(Cl)cccc1CS.S. The number of thiol groups is 1. The highest BCUT2D eigenvalue weighted by Crippen LogP contribution is 2.32. The zero-order chi connectivity index (χ0) is 58.4. The van der Waals surface area contributed by atoms with E-state index in [-0.39, 0.29) is 118 Å². The van der Waals surface area contributed by atoms with Crippen LogP contribution in [-0.2, 0) is 43.8 Å². The van der Waals surface area contributed by atoms with E-state index in [0.717, 1.165) is 38.9 Å². The van der Waals surface area contributed by atoms with Gasteiger partial charge in [-0.15, -0.1) is 0 Å². The Balaban J connectivity index is 0.000000261. The quantitative estimate of drug-likeness (QED) is 0.0624. The summed E-state index contributed by atoms with van der Waals surface area (Å²) in [5.41, 5.74) is 5.33. The molecule has 26 heteroatoms. The van der Waals surface area contributed by atoms with E-state index in [0.29, 0.717) is 44.8 Å². The maximum Gasteiger partial charge on any atom is 0.326 e. The molecule has 1 N–H and O–H groups in total. The number of benzene rings is 4. The molecule has 444 valence electrons. The average molecular weight is 1250 g/mol. The summed E-state index contributed by atoms with van der Waals surface area (Å²) in [7, 11) is 0. The highest BCUT2D eigenvalue weighted by molar-refractivity contribution is 8.13. The van der Waals surface area contributed by atoms with Crippen molar-refractivity contribution in [2.24, 2.45) is 0 Å². The number of thioether (sulfide) groups is 1. The van der Waals surface area contributed by atoms with Crippen molar-refractivity contribution in [1.29, 1.82) is 0 Å². The molecule has 84 heavy (non-hydrogen) atoms. The number of carbonyl (C=O) groups is 6. The first-order valence-corrected chi connectivity index (χ1v) is 27.3. The fourth-order valence-corrected chi connectivity index (χ4v) is 10.7. The van der Waals surface area contributed by atoms with Crippen LogP contribution in [0.1, 0.15) is 85.3 Å². The summed E-state index contributed by atoms with van der Waals surface area (Å²) in [4.78, 5) is 94.1. The summed E-state index contributed by atoms with van der Waals surface area (Å²) in [5.74, 6) is -2.20. The minimum atomic E-state index is -1.38. The molecule has 0 unspecified atom stereocenters. The number of rotatable bonds is 13. The van der Waals surface area contributed by atoms with Gasteiger partial charge in [-0.1, -0.05) is 86.2 Å². The molecule has 2 aliphatic heterocycles. The molecule has 4 aromatic carbocycles. The summed E-state index contributed by atoms with van der Waals surface area (Å²) in [5, 5.41) is 18.7. The van der Waals surface area contributed by atoms with Crippen LogP contribution in [-0.4, -0.2) is 126 Å². The molecule has 10 rings (SSSR count). The van der Waals surface area contributed by atoms with Gasteiger partial charge < -0.3 is 14.9 Å². The number of aromatic nitrogens is 8. The van der Waals surface area contributed by atoms with Crippen LogP contribution in [0.4, 0.5) is 17.6 Å². The molecule has 2 aliphatic rings. The van der Waals surface area contributed by atoms with E-state index in [9.17, 15) is 51.4 Å². The molecule has 0 radical (unpaired) electrons. The summed E-state index contributed by atoms with van der Waals surface area (Å²) >= 11 is 16.0. The first-order chi connectivity index (χ1) is 38.6. The lowest BCUT2D eigenvalue weighted by Crippen LogP contribution is -2.42. The smallest absolute Gasteiger partial charge is 0.326 e. The van der Waals surface area contributed by atoms with Crippen LogP contribution < -0.4 is 0 Å². The normalized spacial score (nSPS) is 16.1. The van der Waals surface area contributed by atoms with Crippen LogP contribution in [0.15, 0.2) is 97.6 Å². The lowest BCUT2D eigenvalue weighted by Gasteiger charge is -2.23. The minimum absolute atomic E-state index is 0. The van der Waals surface area contributed by atoms with Crippen LogP contribution in [0, 0.1) is 25.5 Å². The van der Waals surface area contributed by atoms with Crippen molar-refractivity contribution in [3.63, 3.8) is 0 Å². The number of carbonyl (C=O) groups excluding carboxylic acids is 5. The van der Waals surface area contributed by atoms with Gasteiger partial charge in [0.25, 0.3) is 0 Å². The molecule has 17 nitrogen and oxygen atoms in total. The van der Waals surface area contributed by atoms with Gasteiger partial charge in [-0.25, -0.2) is 42.3 Å². The van der Waals surface area contributed by atoms with E-state index in [2.05, 4.69) is 42.8 Å². The van der Waals surface area contributed by atoms with Crippen molar-refractivity contribution >= 4 is 117 Å². The zero-order valence-electron chi connectivity index (χ0n) is 44.2. The van der Waals surface area contributed by atoms with Gasteiger partial charge in [0.2, 0.25) is 16.9 Å². The highest BCUT2D eigenvalue weighted by Gasteiger charge is 2.41. The van der Waals surface area contributed by atoms with E-state index in [1.807, 2.05) is 6.07 Å². The lowest BCUT2D eigenvalue weighted by molar-refractivity contribution is -0.148. The fourth-order valence-electron chi connectivity index (χ4n) is 9.15. The Morgan fingerprint density at radius 2 is 1.04 bits per heavy atom. The average Bonchev–Trinajstić information content (AvgIpc) is 3.30. The van der Waals surface area contributed by atoms with Crippen LogP contribution in [0.3, 0.4) is 0 Å². The Labute approximate surface area is 508 Å². The van der Waals surface area contributed by atoms with E-state index in [1.54, 1.807) is 87.2 Å². The van der Waals surface area contributed by atoms with E-state index >= 15 is 0 Å². The Bertz CT molecular complexity index is 3730. The Morgan fingerprint density at radius 3 is 1.44 bits per heavy atom. The number of hydrogen-bond acceptors (Lipinski definition) is 14. The summed E-state index contributed by atoms with van der Waals surface area (Å²) in [6, 6.07) is 17.8. The number of aryl methyl sites for hydroxylation is 2. The molecule has 0 aliphatic carbocycles. The number of likely N-dealkylation sites (tertiary alicyclic amines) is 2. The molecule has 0 spiro atoms. The first kappa shape index (κ1) is 67.5. The van der Waals surface area contributed by atoms with Gasteiger partial charge in [-0.2, -0.15) is 36.3 Å². The second-order valence-electron chi connectivity index (χ2n) is 18.9. The molecule has 6 heterocycles. The van der Waals surface area contributed by atoms with Gasteiger partial charge in [-0.05, 0) is 72.5 Å². The number of alkyl halides is 2. The molecule has 8 aromatic rings. The number of carboxylic acids is 1. The van der Waals surface area contributed by atoms with Crippen LogP contribution in [0.5, 0.6) is 0 Å². The number of carboxylic acid groups (broad SMARTS) is 1. The number of hydrogen-bond donors (Lipinski definition) is 2. The van der Waals surface area contributed by atoms with Gasteiger partial charge in [0.15, 0.2) is 11.6 Å². The largest absolute Gasteiger partial charge is 0.480 e. The molecule has 4 atom stereocenters. The van der Waals surface area contributed by atoms with Gasteiger partial charge in [0.05, 0.1) is 34.2 Å². The number of nitrogens with zero attached hydrogens (tertiary/aromatic N) is 10. The van der Waals surface area contributed by atoms with Crippen molar-refractivity contribution in [2.75, 3.05) is 13.1 Å². The number of aliphatic carboxylic acids is 1. The predicted molar refractivity (Wildman–Crippen MR) is 324 cm³/mol. The van der Waals surface area contributed by atoms with Crippen LogP contribution >= 0.6 is 61.1 Å². The van der Waals surface area contributed by atoms with E-state index in [4.69, 9.17) is 23.2 Å². The van der Waals surface area contributed by atoms with Crippen molar-refractivity contribution in [3.8, 4) is 22.3 Å². The lowest BCUT2D eigenvalue weighted by atomic mass is 10.0. The second kappa shape index (κ2) is 29.5. The molecule has 0 saturated carbocycles. The third kappa shape index (κ3) is 15.5. The molecular formula is C58H60Cl2F4N10O7S3. The number of ketones is 2. The second-order valence-corrected chi connectivity index (χ2v) is 21.1. The van der Waals surface area contributed by atoms with Gasteiger partial charge in [0.1, 0.15) is 72.2 Å². The Hall–Kier alpha value is -7.25. The molecule has 2 fully saturated rings.